The van der Waals surface area contributed by atoms with Crippen LogP contribution in [0.25, 0.3) is 22.3 Å². The molecule has 3 aromatic rings. The lowest BCUT2D eigenvalue weighted by Gasteiger charge is -2.19. The van der Waals surface area contributed by atoms with E-state index < -0.39 is 0 Å². The molecule has 0 amide bonds. The fourth-order valence-electron chi connectivity index (χ4n) is 3.92. The summed E-state index contributed by atoms with van der Waals surface area (Å²) >= 11 is 0. The number of ether oxygens (including phenoxy) is 1. The summed E-state index contributed by atoms with van der Waals surface area (Å²) < 4.78 is 5.18. The number of nitrogens with one attached hydrogen (secondary N) is 2. The molecule has 1 aromatic heterocycles. The number of carbonyl (C=O) groups is 1. The lowest BCUT2D eigenvalue weighted by molar-refractivity contribution is 0.0601. The lowest BCUT2D eigenvalue weighted by atomic mass is 9.87. The lowest BCUT2D eigenvalue weighted by Crippen LogP contribution is -2.10. The van der Waals surface area contributed by atoms with Crippen molar-refractivity contribution < 1.29 is 9.53 Å². The largest absolute Gasteiger partial charge is 0.465 e. The third kappa shape index (κ3) is 5.10. The van der Waals surface area contributed by atoms with E-state index in [1.807, 2.05) is 32.2 Å². The van der Waals surface area contributed by atoms with Gasteiger partial charge in [-0.15, -0.1) is 0 Å². The van der Waals surface area contributed by atoms with Crippen LogP contribution in [0, 0.1) is 13.8 Å². The molecule has 0 atom stereocenters. The van der Waals surface area contributed by atoms with Gasteiger partial charge in [-0.05, 0) is 80.6 Å². The number of pyridine rings is 1. The van der Waals surface area contributed by atoms with Crippen LogP contribution in [0.5, 0.6) is 0 Å². The van der Waals surface area contributed by atoms with Crippen molar-refractivity contribution in [3.63, 3.8) is 0 Å². The van der Waals surface area contributed by atoms with Gasteiger partial charge in [0, 0.05) is 35.6 Å². The van der Waals surface area contributed by atoms with Crippen molar-refractivity contribution in [2.45, 2.75) is 47.1 Å². The van der Waals surface area contributed by atoms with E-state index in [0.29, 0.717) is 11.6 Å². The van der Waals surface area contributed by atoms with Crippen LogP contribution in [-0.2, 0) is 4.74 Å². The van der Waals surface area contributed by atoms with E-state index in [4.69, 9.17) is 4.74 Å². The molecule has 0 bridgehead atoms. The highest BCUT2D eigenvalue weighted by Crippen LogP contribution is 2.37. The van der Waals surface area contributed by atoms with Crippen molar-refractivity contribution in [2.75, 3.05) is 24.3 Å². The van der Waals surface area contributed by atoms with E-state index in [0.717, 1.165) is 57.9 Å². The van der Waals surface area contributed by atoms with E-state index in [9.17, 15) is 4.79 Å². The second-order valence-corrected chi connectivity index (χ2v) is 8.34. The smallest absolute Gasteiger partial charge is 0.338 e. The molecule has 168 valence electrons. The van der Waals surface area contributed by atoms with Gasteiger partial charge < -0.3 is 15.4 Å². The summed E-state index contributed by atoms with van der Waals surface area (Å²) in [7, 11) is 1.43. The zero-order valence-corrected chi connectivity index (χ0v) is 19.9. The Morgan fingerprint density at radius 2 is 1.75 bits per heavy atom. The molecule has 0 aliphatic rings. The molecule has 2 N–H and O–H groups in total. The Morgan fingerprint density at radius 3 is 2.31 bits per heavy atom. The summed E-state index contributed by atoms with van der Waals surface area (Å²) in [6.07, 6.45) is 2.85. The number of aryl methyl sites for hydroxylation is 1. The molecule has 5 nitrogen and oxygen atoms in total. The van der Waals surface area contributed by atoms with Gasteiger partial charge in [0.1, 0.15) is 5.82 Å². The summed E-state index contributed by atoms with van der Waals surface area (Å²) in [6.45, 7) is 11.2. The molecule has 3 rings (SSSR count). The summed E-state index contributed by atoms with van der Waals surface area (Å²) in [4.78, 5) is 17.4. The Balaban J connectivity index is 2.08. The maximum Gasteiger partial charge on any atom is 0.338 e. The van der Waals surface area contributed by atoms with E-state index in [-0.39, 0.29) is 5.97 Å². The van der Waals surface area contributed by atoms with Crippen LogP contribution in [0.3, 0.4) is 0 Å². The molecule has 2 aromatic carbocycles. The molecule has 0 spiro atoms. The number of hydrogen-bond donors (Lipinski definition) is 2. The molecular weight excluding hydrogens is 398 g/mol. The van der Waals surface area contributed by atoms with Crippen LogP contribution in [0.2, 0.25) is 0 Å². The Kier molecular flexibility index (Phi) is 7.52. The van der Waals surface area contributed by atoms with E-state index in [1.165, 1.54) is 7.11 Å². The van der Waals surface area contributed by atoms with Crippen LogP contribution < -0.4 is 10.6 Å². The zero-order chi connectivity index (χ0) is 23.3. The SMILES string of the molecule is CCCNc1ccc(-c2c(C)cc(-c3ccc(NC(C)C)cc3)c(C)c2C(=O)OC)cn1. The van der Waals surface area contributed by atoms with Gasteiger partial charge in [-0.2, -0.15) is 0 Å². The maximum atomic E-state index is 12.9. The van der Waals surface area contributed by atoms with Gasteiger partial charge in [0.25, 0.3) is 0 Å². The zero-order valence-electron chi connectivity index (χ0n) is 19.9. The molecular formula is C27H33N3O2. The summed E-state index contributed by atoms with van der Waals surface area (Å²) in [5, 5.41) is 6.70. The van der Waals surface area contributed by atoms with Gasteiger partial charge in [-0.3, -0.25) is 0 Å². The first-order valence-corrected chi connectivity index (χ1v) is 11.2. The molecule has 0 radical (unpaired) electrons. The number of rotatable bonds is 8. The number of nitrogens with zero attached hydrogens (tertiary/aromatic N) is 1. The van der Waals surface area contributed by atoms with Gasteiger partial charge >= 0.3 is 5.97 Å². The predicted octanol–water partition coefficient (Wildman–Crippen LogP) is 6.46. The number of carbonyl (C=O) groups excluding carboxylic acids is 1. The van der Waals surface area contributed by atoms with Gasteiger partial charge in [0.05, 0.1) is 12.7 Å². The molecule has 0 fully saturated rings. The van der Waals surface area contributed by atoms with Crippen LogP contribution in [0.15, 0.2) is 48.7 Å². The molecule has 5 heteroatoms. The Bertz CT molecular complexity index is 1070. The standard InChI is InChI=1S/C27H33N3O2/c1-7-14-28-24-13-10-21(16-29-24)25-18(4)15-23(19(5)26(25)27(31)32-6)20-8-11-22(12-9-20)30-17(2)3/h8-13,15-17,30H,7,14H2,1-6H3,(H,28,29). The second-order valence-electron chi connectivity index (χ2n) is 8.34. The Hall–Kier alpha value is -3.34. The van der Waals surface area contributed by atoms with Gasteiger partial charge in [0.15, 0.2) is 0 Å². The fraction of sp³-hybridized carbons (Fsp3) is 0.333. The van der Waals surface area contributed by atoms with Gasteiger partial charge in [0.2, 0.25) is 0 Å². The Labute approximate surface area is 191 Å². The van der Waals surface area contributed by atoms with Gasteiger partial charge in [-0.1, -0.05) is 25.1 Å². The van der Waals surface area contributed by atoms with Crippen LogP contribution in [-0.4, -0.2) is 30.6 Å². The predicted molar refractivity (Wildman–Crippen MR) is 133 cm³/mol. The topological polar surface area (TPSA) is 63.2 Å². The number of methoxy groups -OCH3 is 1. The van der Waals surface area contributed by atoms with E-state index >= 15 is 0 Å². The minimum absolute atomic E-state index is 0.339. The molecule has 0 unspecified atom stereocenters. The maximum absolute atomic E-state index is 12.9. The summed E-state index contributed by atoms with van der Waals surface area (Å²) in [5.41, 5.74) is 7.42. The minimum atomic E-state index is -0.339. The second kappa shape index (κ2) is 10.3. The highest BCUT2D eigenvalue weighted by molar-refractivity contribution is 6.02. The van der Waals surface area contributed by atoms with Crippen LogP contribution in [0.1, 0.15) is 48.7 Å². The minimum Gasteiger partial charge on any atom is -0.465 e. The summed E-state index contributed by atoms with van der Waals surface area (Å²) in [5.74, 6) is 0.491. The van der Waals surface area contributed by atoms with Crippen molar-refractivity contribution in [1.29, 1.82) is 0 Å². The van der Waals surface area contributed by atoms with Crippen molar-refractivity contribution in [3.05, 3.63) is 65.4 Å². The number of aromatic nitrogens is 1. The first-order valence-electron chi connectivity index (χ1n) is 11.2. The van der Waals surface area contributed by atoms with Crippen molar-refractivity contribution in [3.8, 4) is 22.3 Å². The van der Waals surface area contributed by atoms with Crippen molar-refractivity contribution >= 4 is 17.5 Å². The first-order chi connectivity index (χ1) is 15.3. The third-order valence-electron chi connectivity index (χ3n) is 5.43. The normalized spacial score (nSPS) is 10.8. The molecule has 0 saturated carbocycles. The third-order valence-corrected chi connectivity index (χ3v) is 5.43. The number of esters is 1. The average molecular weight is 432 g/mol. The van der Waals surface area contributed by atoms with Crippen LogP contribution in [0.4, 0.5) is 11.5 Å². The summed E-state index contributed by atoms with van der Waals surface area (Å²) in [6, 6.07) is 14.8. The number of hydrogen-bond acceptors (Lipinski definition) is 5. The molecule has 0 aliphatic heterocycles. The quantitative estimate of drug-likeness (QED) is 0.401. The molecule has 0 aliphatic carbocycles. The molecule has 32 heavy (non-hydrogen) atoms. The van der Waals surface area contributed by atoms with Crippen molar-refractivity contribution in [1.82, 2.24) is 4.98 Å². The number of anilines is 2. The Morgan fingerprint density at radius 1 is 1.06 bits per heavy atom. The van der Waals surface area contributed by atoms with E-state index in [1.54, 1.807) is 0 Å². The fourth-order valence-corrected chi connectivity index (χ4v) is 3.92. The van der Waals surface area contributed by atoms with Crippen LogP contribution >= 0.6 is 0 Å². The monoisotopic (exact) mass is 431 g/mol. The average Bonchev–Trinajstić information content (AvgIpc) is 2.79. The molecule has 0 saturated heterocycles. The van der Waals surface area contributed by atoms with Crippen molar-refractivity contribution in [2.24, 2.45) is 0 Å². The molecule has 1 heterocycles. The highest BCUT2D eigenvalue weighted by atomic mass is 16.5. The first kappa shape index (κ1) is 23.3. The van der Waals surface area contributed by atoms with Gasteiger partial charge in [-0.25, -0.2) is 9.78 Å². The highest BCUT2D eigenvalue weighted by Gasteiger charge is 2.22. The van der Waals surface area contributed by atoms with E-state index in [2.05, 4.69) is 66.7 Å². The number of benzene rings is 2.